The minimum Gasteiger partial charge on any atom is -0.496 e. The number of halogens is 2. The Hall–Kier alpha value is -1.28. The summed E-state index contributed by atoms with van der Waals surface area (Å²) in [5, 5.41) is 6.72. The quantitative estimate of drug-likeness (QED) is 0.358. The number of hydrogen-bond donors (Lipinski definition) is 2. The van der Waals surface area contributed by atoms with Crippen LogP contribution in [0.15, 0.2) is 58.0 Å². The van der Waals surface area contributed by atoms with Gasteiger partial charge in [-0.2, -0.15) is 0 Å². The van der Waals surface area contributed by atoms with E-state index in [0.29, 0.717) is 6.54 Å². The summed E-state index contributed by atoms with van der Waals surface area (Å²) >= 11 is 3.49. The maximum absolute atomic E-state index is 5.40. The van der Waals surface area contributed by atoms with Gasteiger partial charge in [-0.15, -0.1) is 24.0 Å². The van der Waals surface area contributed by atoms with Crippen molar-refractivity contribution in [2.75, 3.05) is 14.2 Å². The first-order chi connectivity index (χ1) is 11.1. The number of nitrogens with one attached hydrogen (secondary N) is 2. The number of nitrogens with zero attached hydrogens (tertiary/aromatic N) is 1. The fourth-order valence-corrected chi connectivity index (χ4v) is 2.70. The Bertz CT molecular complexity index is 665. The van der Waals surface area contributed by atoms with E-state index in [1.807, 2.05) is 36.4 Å². The highest BCUT2D eigenvalue weighted by atomic mass is 127. The van der Waals surface area contributed by atoms with Gasteiger partial charge in [-0.3, -0.25) is 4.99 Å². The summed E-state index contributed by atoms with van der Waals surface area (Å²) in [6.45, 7) is 2.74. The molecule has 24 heavy (non-hydrogen) atoms. The SMILES string of the molecule is CN=C(NCc1cc(Br)ccc1OC)NC(C)c1ccccc1.I. The van der Waals surface area contributed by atoms with Crippen LogP contribution in [0.1, 0.15) is 24.1 Å². The van der Waals surface area contributed by atoms with Crippen LogP contribution in [0.5, 0.6) is 5.75 Å². The zero-order valence-electron chi connectivity index (χ0n) is 14.0. The van der Waals surface area contributed by atoms with E-state index in [9.17, 15) is 0 Å². The highest BCUT2D eigenvalue weighted by molar-refractivity contribution is 14.0. The first-order valence-electron chi connectivity index (χ1n) is 7.48. The van der Waals surface area contributed by atoms with Crippen LogP contribution in [0.3, 0.4) is 0 Å². The van der Waals surface area contributed by atoms with Crippen LogP contribution in [0.2, 0.25) is 0 Å². The zero-order chi connectivity index (χ0) is 16.7. The molecule has 0 aliphatic heterocycles. The van der Waals surface area contributed by atoms with Crippen LogP contribution < -0.4 is 15.4 Å². The molecule has 0 amide bonds. The van der Waals surface area contributed by atoms with Gasteiger partial charge in [-0.25, -0.2) is 0 Å². The monoisotopic (exact) mass is 503 g/mol. The molecule has 0 aliphatic carbocycles. The Morgan fingerprint density at radius 2 is 1.92 bits per heavy atom. The first kappa shape index (κ1) is 20.8. The number of methoxy groups -OCH3 is 1. The van der Waals surface area contributed by atoms with Gasteiger partial charge >= 0.3 is 0 Å². The maximum atomic E-state index is 5.40. The fraction of sp³-hybridized carbons (Fsp3) is 0.278. The fourth-order valence-electron chi connectivity index (χ4n) is 2.29. The molecule has 2 N–H and O–H groups in total. The number of benzene rings is 2. The molecule has 0 fully saturated rings. The van der Waals surface area contributed by atoms with Crippen molar-refractivity contribution < 1.29 is 4.74 Å². The minimum atomic E-state index is 0. The van der Waals surface area contributed by atoms with Gasteiger partial charge < -0.3 is 15.4 Å². The van der Waals surface area contributed by atoms with Crippen molar-refractivity contribution in [3.8, 4) is 5.75 Å². The van der Waals surface area contributed by atoms with Crippen LogP contribution in [0.4, 0.5) is 0 Å². The summed E-state index contributed by atoms with van der Waals surface area (Å²) < 4.78 is 6.42. The van der Waals surface area contributed by atoms with Gasteiger partial charge in [0.05, 0.1) is 13.2 Å². The molecule has 0 saturated heterocycles. The highest BCUT2D eigenvalue weighted by Crippen LogP contribution is 2.22. The summed E-state index contributed by atoms with van der Waals surface area (Å²) in [4.78, 5) is 4.29. The van der Waals surface area contributed by atoms with Gasteiger partial charge in [0.15, 0.2) is 5.96 Å². The van der Waals surface area contributed by atoms with Crippen LogP contribution in [0, 0.1) is 0 Å². The van der Waals surface area contributed by atoms with E-state index >= 15 is 0 Å². The Morgan fingerprint density at radius 3 is 2.54 bits per heavy atom. The lowest BCUT2D eigenvalue weighted by atomic mass is 10.1. The molecule has 1 unspecified atom stereocenters. The van der Waals surface area contributed by atoms with Gasteiger partial charge in [0.2, 0.25) is 0 Å². The second kappa shape index (κ2) is 10.6. The van der Waals surface area contributed by atoms with Crippen LogP contribution in [0.25, 0.3) is 0 Å². The van der Waals surface area contributed by atoms with Crippen molar-refractivity contribution in [3.05, 3.63) is 64.1 Å². The number of ether oxygens (including phenoxy) is 1. The summed E-state index contributed by atoms with van der Waals surface area (Å²) in [6.07, 6.45) is 0. The second-order valence-corrected chi connectivity index (χ2v) is 6.07. The third-order valence-corrected chi connectivity index (χ3v) is 4.06. The standard InChI is InChI=1S/C18H22BrN3O.HI/c1-13(14-7-5-4-6-8-14)22-18(20-2)21-12-15-11-16(19)9-10-17(15)23-3;/h4-11,13H,12H2,1-3H3,(H2,20,21,22);1H. The van der Waals surface area contributed by atoms with E-state index in [4.69, 9.17) is 4.74 Å². The Balaban J connectivity index is 0.00000288. The highest BCUT2D eigenvalue weighted by Gasteiger charge is 2.09. The number of aliphatic imine (C=N–C) groups is 1. The summed E-state index contributed by atoms with van der Waals surface area (Å²) in [7, 11) is 3.45. The zero-order valence-corrected chi connectivity index (χ0v) is 18.0. The van der Waals surface area contributed by atoms with Crippen molar-refractivity contribution in [1.29, 1.82) is 0 Å². The van der Waals surface area contributed by atoms with Gasteiger partial charge in [0, 0.05) is 23.6 Å². The molecule has 4 nitrogen and oxygen atoms in total. The summed E-state index contributed by atoms with van der Waals surface area (Å²) in [5.41, 5.74) is 2.28. The van der Waals surface area contributed by atoms with E-state index in [1.165, 1.54) is 5.56 Å². The lowest BCUT2D eigenvalue weighted by Crippen LogP contribution is -2.38. The second-order valence-electron chi connectivity index (χ2n) is 5.16. The van der Waals surface area contributed by atoms with Crippen molar-refractivity contribution in [2.45, 2.75) is 19.5 Å². The van der Waals surface area contributed by atoms with E-state index in [-0.39, 0.29) is 30.0 Å². The van der Waals surface area contributed by atoms with Crippen molar-refractivity contribution >= 4 is 45.9 Å². The average Bonchev–Trinajstić information content (AvgIpc) is 2.59. The lowest BCUT2D eigenvalue weighted by Gasteiger charge is -2.19. The van der Waals surface area contributed by atoms with Crippen LogP contribution in [-0.4, -0.2) is 20.1 Å². The molecule has 2 aromatic carbocycles. The Morgan fingerprint density at radius 1 is 1.21 bits per heavy atom. The number of guanidine groups is 1. The Labute approximate surface area is 169 Å². The molecule has 2 rings (SSSR count). The predicted molar refractivity (Wildman–Crippen MR) is 114 cm³/mol. The maximum Gasteiger partial charge on any atom is 0.191 e. The van der Waals surface area contributed by atoms with Gasteiger partial charge in [-0.05, 0) is 30.7 Å². The molecule has 130 valence electrons. The third kappa shape index (κ3) is 5.98. The van der Waals surface area contributed by atoms with Crippen molar-refractivity contribution in [1.82, 2.24) is 10.6 Å². The molecular formula is C18H23BrIN3O. The summed E-state index contributed by atoms with van der Waals surface area (Å²) in [6, 6.07) is 16.4. The topological polar surface area (TPSA) is 45.7 Å². The molecular weight excluding hydrogens is 481 g/mol. The molecule has 0 saturated carbocycles. The molecule has 0 aliphatic rings. The smallest absolute Gasteiger partial charge is 0.191 e. The first-order valence-corrected chi connectivity index (χ1v) is 8.28. The van der Waals surface area contributed by atoms with E-state index < -0.39 is 0 Å². The van der Waals surface area contributed by atoms with E-state index in [0.717, 1.165) is 21.7 Å². The minimum absolute atomic E-state index is 0. The van der Waals surface area contributed by atoms with Crippen molar-refractivity contribution in [3.63, 3.8) is 0 Å². The molecule has 1 atom stereocenters. The van der Waals surface area contributed by atoms with Gasteiger partial charge in [0.25, 0.3) is 0 Å². The van der Waals surface area contributed by atoms with Crippen LogP contribution >= 0.6 is 39.9 Å². The van der Waals surface area contributed by atoms with E-state index in [2.05, 4.69) is 50.6 Å². The molecule has 0 aromatic heterocycles. The normalized spacial score (nSPS) is 12.1. The molecule has 0 bridgehead atoms. The largest absolute Gasteiger partial charge is 0.496 e. The number of rotatable bonds is 5. The van der Waals surface area contributed by atoms with Crippen molar-refractivity contribution in [2.24, 2.45) is 4.99 Å². The third-order valence-electron chi connectivity index (χ3n) is 3.57. The summed E-state index contributed by atoms with van der Waals surface area (Å²) in [5.74, 6) is 1.61. The Kier molecular flexibility index (Phi) is 9.13. The molecule has 0 heterocycles. The van der Waals surface area contributed by atoms with E-state index in [1.54, 1.807) is 14.2 Å². The van der Waals surface area contributed by atoms with Gasteiger partial charge in [-0.1, -0.05) is 46.3 Å². The predicted octanol–water partition coefficient (Wildman–Crippen LogP) is 4.50. The number of hydrogen-bond acceptors (Lipinski definition) is 2. The lowest BCUT2D eigenvalue weighted by molar-refractivity contribution is 0.409. The van der Waals surface area contributed by atoms with Gasteiger partial charge in [0.1, 0.15) is 5.75 Å². The molecule has 0 spiro atoms. The molecule has 6 heteroatoms. The average molecular weight is 504 g/mol. The molecule has 2 aromatic rings. The molecule has 0 radical (unpaired) electrons. The van der Waals surface area contributed by atoms with Crippen LogP contribution in [-0.2, 0) is 6.54 Å².